The number of nitrogens with one attached hydrogen (secondary N) is 1. The van der Waals surface area contributed by atoms with Crippen molar-refractivity contribution in [2.75, 3.05) is 19.8 Å². The minimum Gasteiger partial charge on any atom is -0.378 e. The Labute approximate surface area is 91.5 Å². The van der Waals surface area contributed by atoms with E-state index in [0.717, 1.165) is 19.8 Å². The minimum absolute atomic E-state index is 0.251. The Morgan fingerprint density at radius 2 is 1.87 bits per heavy atom. The topological polar surface area (TPSA) is 30.5 Å². The highest BCUT2D eigenvalue weighted by atomic mass is 16.5. The predicted octanol–water partition coefficient (Wildman–Crippen LogP) is 1.47. The van der Waals surface area contributed by atoms with Gasteiger partial charge in [0.25, 0.3) is 0 Å². The largest absolute Gasteiger partial charge is 0.378 e. The molecule has 1 atom stereocenters. The van der Waals surface area contributed by atoms with E-state index < -0.39 is 0 Å². The van der Waals surface area contributed by atoms with E-state index in [9.17, 15) is 0 Å². The Hall–Kier alpha value is -0.120. The maximum atomic E-state index is 6.02. The highest BCUT2D eigenvalue weighted by Crippen LogP contribution is 2.40. The molecule has 0 radical (unpaired) electrons. The zero-order valence-electron chi connectivity index (χ0n) is 9.34. The first-order chi connectivity index (χ1) is 7.36. The summed E-state index contributed by atoms with van der Waals surface area (Å²) in [6.45, 7) is 2.76. The number of hydrogen-bond donors (Lipinski definition) is 1. The summed E-state index contributed by atoms with van der Waals surface area (Å²) in [5.41, 5.74) is 0.251. The molecule has 2 heterocycles. The molecule has 1 N–H and O–H groups in total. The van der Waals surface area contributed by atoms with Crippen LogP contribution in [-0.2, 0) is 9.47 Å². The molecule has 3 heteroatoms. The molecule has 3 aliphatic rings. The van der Waals surface area contributed by atoms with E-state index >= 15 is 0 Å². The van der Waals surface area contributed by atoms with Crippen molar-refractivity contribution in [2.45, 2.75) is 56.2 Å². The SMILES string of the molecule is C1CCC2(C1)CC(NC1COC1)CCO2. The van der Waals surface area contributed by atoms with Crippen molar-refractivity contribution >= 4 is 0 Å². The molecule has 3 rings (SSSR count). The van der Waals surface area contributed by atoms with Gasteiger partial charge in [-0.2, -0.15) is 0 Å². The second kappa shape index (κ2) is 4.04. The molecular weight excluding hydrogens is 190 g/mol. The van der Waals surface area contributed by atoms with E-state index in [2.05, 4.69) is 5.32 Å². The van der Waals surface area contributed by atoms with Gasteiger partial charge in [0.15, 0.2) is 0 Å². The molecule has 3 nitrogen and oxygen atoms in total. The molecule has 0 aromatic carbocycles. The van der Waals surface area contributed by atoms with Crippen molar-refractivity contribution in [3.8, 4) is 0 Å². The van der Waals surface area contributed by atoms with Crippen molar-refractivity contribution in [1.29, 1.82) is 0 Å². The van der Waals surface area contributed by atoms with Gasteiger partial charge in [-0.05, 0) is 25.7 Å². The summed E-state index contributed by atoms with van der Waals surface area (Å²) in [5, 5.41) is 3.70. The Morgan fingerprint density at radius 1 is 1.07 bits per heavy atom. The highest BCUT2D eigenvalue weighted by Gasteiger charge is 2.40. The van der Waals surface area contributed by atoms with Crippen LogP contribution in [0, 0.1) is 0 Å². The molecule has 3 fully saturated rings. The maximum absolute atomic E-state index is 6.02. The highest BCUT2D eigenvalue weighted by molar-refractivity contribution is 4.94. The molecule has 15 heavy (non-hydrogen) atoms. The summed E-state index contributed by atoms with van der Waals surface area (Å²) in [5.74, 6) is 0. The standard InChI is InChI=1S/C12H21NO2/c1-2-5-12(4-1)7-10(3-6-15-12)13-11-8-14-9-11/h10-11,13H,1-9H2. The summed E-state index contributed by atoms with van der Waals surface area (Å²) in [6.07, 6.45) is 7.69. The van der Waals surface area contributed by atoms with Crippen LogP contribution in [0.3, 0.4) is 0 Å². The number of ether oxygens (including phenoxy) is 2. The van der Waals surface area contributed by atoms with E-state index in [1.54, 1.807) is 0 Å². The van der Waals surface area contributed by atoms with Gasteiger partial charge in [0.1, 0.15) is 0 Å². The van der Waals surface area contributed by atoms with Gasteiger partial charge >= 0.3 is 0 Å². The second-order valence-electron chi connectivity index (χ2n) is 5.33. The van der Waals surface area contributed by atoms with Crippen LogP contribution in [0.4, 0.5) is 0 Å². The third-order valence-corrected chi connectivity index (χ3v) is 4.12. The average molecular weight is 211 g/mol. The van der Waals surface area contributed by atoms with Crippen LogP contribution < -0.4 is 5.32 Å². The molecule has 0 aromatic heterocycles. The fourth-order valence-corrected chi connectivity index (χ4v) is 3.20. The van der Waals surface area contributed by atoms with Crippen molar-refractivity contribution in [1.82, 2.24) is 5.32 Å². The van der Waals surface area contributed by atoms with Crippen molar-refractivity contribution in [3.05, 3.63) is 0 Å². The first kappa shape index (κ1) is 10.1. The van der Waals surface area contributed by atoms with Gasteiger partial charge in [-0.1, -0.05) is 12.8 Å². The zero-order valence-corrected chi connectivity index (χ0v) is 9.34. The van der Waals surface area contributed by atoms with Gasteiger partial charge in [-0.15, -0.1) is 0 Å². The first-order valence-corrected chi connectivity index (χ1v) is 6.34. The monoisotopic (exact) mass is 211 g/mol. The Balaban J connectivity index is 1.55. The van der Waals surface area contributed by atoms with Crippen molar-refractivity contribution in [2.24, 2.45) is 0 Å². The fourth-order valence-electron chi connectivity index (χ4n) is 3.20. The summed E-state index contributed by atoms with van der Waals surface area (Å²) < 4.78 is 11.2. The lowest BCUT2D eigenvalue weighted by molar-refractivity contribution is -0.0926. The van der Waals surface area contributed by atoms with Gasteiger partial charge in [0.05, 0.1) is 24.9 Å². The second-order valence-corrected chi connectivity index (χ2v) is 5.33. The maximum Gasteiger partial charge on any atom is 0.0697 e. The Kier molecular flexibility index (Phi) is 2.71. The lowest BCUT2D eigenvalue weighted by Crippen LogP contribution is -2.54. The lowest BCUT2D eigenvalue weighted by Gasteiger charge is -2.41. The molecule has 2 aliphatic heterocycles. The summed E-state index contributed by atoms with van der Waals surface area (Å²) in [4.78, 5) is 0. The van der Waals surface area contributed by atoms with Gasteiger partial charge in [0, 0.05) is 12.6 Å². The van der Waals surface area contributed by atoms with E-state index in [1.165, 1.54) is 38.5 Å². The van der Waals surface area contributed by atoms with Crippen molar-refractivity contribution < 1.29 is 9.47 Å². The molecule has 0 amide bonds. The first-order valence-electron chi connectivity index (χ1n) is 6.34. The normalized spacial score (nSPS) is 35.6. The van der Waals surface area contributed by atoms with Crippen LogP contribution in [0.1, 0.15) is 38.5 Å². The summed E-state index contributed by atoms with van der Waals surface area (Å²) >= 11 is 0. The molecule has 1 unspecified atom stereocenters. The Bertz CT molecular complexity index is 222. The molecule has 0 bridgehead atoms. The summed E-state index contributed by atoms with van der Waals surface area (Å²) in [6, 6.07) is 1.29. The molecule has 86 valence electrons. The smallest absolute Gasteiger partial charge is 0.0697 e. The average Bonchev–Trinajstić information content (AvgIpc) is 2.60. The quantitative estimate of drug-likeness (QED) is 0.750. The molecule has 1 aliphatic carbocycles. The fraction of sp³-hybridized carbons (Fsp3) is 1.00. The van der Waals surface area contributed by atoms with Gasteiger partial charge in [-0.25, -0.2) is 0 Å². The van der Waals surface area contributed by atoms with Crippen LogP contribution in [-0.4, -0.2) is 37.5 Å². The van der Waals surface area contributed by atoms with Crippen molar-refractivity contribution in [3.63, 3.8) is 0 Å². The summed E-state index contributed by atoms with van der Waals surface area (Å²) in [7, 11) is 0. The molecule has 0 aromatic rings. The zero-order chi connectivity index (χ0) is 10.1. The van der Waals surface area contributed by atoms with Gasteiger partial charge in [0.2, 0.25) is 0 Å². The van der Waals surface area contributed by atoms with E-state index in [0.29, 0.717) is 12.1 Å². The molecule has 2 saturated heterocycles. The third kappa shape index (κ3) is 2.05. The molecule has 1 saturated carbocycles. The molecule has 1 spiro atoms. The van der Waals surface area contributed by atoms with Crippen LogP contribution in [0.2, 0.25) is 0 Å². The van der Waals surface area contributed by atoms with Gasteiger partial charge in [-0.3, -0.25) is 0 Å². The van der Waals surface area contributed by atoms with Crippen LogP contribution in [0.5, 0.6) is 0 Å². The van der Waals surface area contributed by atoms with Gasteiger partial charge < -0.3 is 14.8 Å². The van der Waals surface area contributed by atoms with E-state index in [1.807, 2.05) is 0 Å². The van der Waals surface area contributed by atoms with E-state index in [-0.39, 0.29) is 5.60 Å². The number of hydrogen-bond acceptors (Lipinski definition) is 3. The molecular formula is C12H21NO2. The van der Waals surface area contributed by atoms with Crippen LogP contribution in [0.25, 0.3) is 0 Å². The lowest BCUT2D eigenvalue weighted by atomic mass is 9.88. The minimum atomic E-state index is 0.251. The third-order valence-electron chi connectivity index (χ3n) is 4.12. The van der Waals surface area contributed by atoms with Crippen LogP contribution >= 0.6 is 0 Å². The predicted molar refractivity (Wildman–Crippen MR) is 57.9 cm³/mol. The van der Waals surface area contributed by atoms with Crippen LogP contribution in [0.15, 0.2) is 0 Å². The Morgan fingerprint density at radius 3 is 2.53 bits per heavy atom. The van der Waals surface area contributed by atoms with E-state index in [4.69, 9.17) is 9.47 Å². The number of rotatable bonds is 2.